The highest BCUT2D eigenvalue weighted by atomic mass is 32.1. The van der Waals surface area contributed by atoms with Crippen LogP contribution in [0.4, 0.5) is 0 Å². The molecule has 1 N–H and O–H groups in total. The molecule has 9 heteroatoms. The second-order valence-electron chi connectivity index (χ2n) is 9.14. The van der Waals surface area contributed by atoms with Gasteiger partial charge < -0.3 is 5.32 Å². The first-order chi connectivity index (χ1) is 19.0. The van der Waals surface area contributed by atoms with Gasteiger partial charge in [-0.1, -0.05) is 42.5 Å². The highest BCUT2D eigenvalue weighted by Crippen LogP contribution is 2.25. The molecule has 6 rings (SSSR count). The van der Waals surface area contributed by atoms with Crippen molar-refractivity contribution in [2.45, 2.75) is 19.9 Å². The number of nitrogens with one attached hydrogen (secondary N) is 1. The Bertz CT molecular complexity index is 1910. The summed E-state index contributed by atoms with van der Waals surface area (Å²) in [7, 11) is 0. The normalized spacial score (nSPS) is 12.4. The maximum atomic E-state index is 14.2. The quantitative estimate of drug-likeness (QED) is 0.307. The number of fused-ring (bicyclic) bond motifs is 2. The van der Waals surface area contributed by atoms with Crippen molar-refractivity contribution in [2.24, 2.45) is 0 Å². The van der Waals surface area contributed by atoms with E-state index in [4.69, 9.17) is 0 Å². The van der Waals surface area contributed by atoms with Gasteiger partial charge in [-0.05, 0) is 55.1 Å². The molecule has 39 heavy (non-hydrogen) atoms. The molecule has 4 heterocycles. The summed E-state index contributed by atoms with van der Waals surface area (Å²) in [4.78, 5) is 37.1. The molecule has 2 aromatic carbocycles. The lowest BCUT2D eigenvalue weighted by atomic mass is 10.0. The molecule has 4 aromatic heterocycles. The molecular formula is C30H24N6O2S. The van der Waals surface area contributed by atoms with E-state index in [1.165, 1.54) is 11.3 Å². The predicted octanol–water partition coefficient (Wildman–Crippen LogP) is 5.46. The van der Waals surface area contributed by atoms with Crippen molar-refractivity contribution in [2.75, 3.05) is 0 Å². The number of pyridine rings is 1. The van der Waals surface area contributed by atoms with Crippen LogP contribution >= 0.6 is 11.3 Å². The molecule has 0 aliphatic rings. The molecule has 1 atom stereocenters. The van der Waals surface area contributed by atoms with Gasteiger partial charge in [0, 0.05) is 34.8 Å². The number of benzene rings is 2. The van der Waals surface area contributed by atoms with E-state index in [2.05, 4.69) is 20.4 Å². The van der Waals surface area contributed by atoms with Crippen LogP contribution in [0.15, 0.2) is 89.6 Å². The van der Waals surface area contributed by atoms with E-state index in [0.717, 1.165) is 21.5 Å². The molecule has 0 aliphatic carbocycles. The third-order valence-corrected chi connectivity index (χ3v) is 7.33. The molecule has 8 nitrogen and oxygen atoms in total. The van der Waals surface area contributed by atoms with Gasteiger partial charge in [-0.2, -0.15) is 5.10 Å². The van der Waals surface area contributed by atoms with Crippen molar-refractivity contribution in [3.05, 3.63) is 123 Å². The lowest BCUT2D eigenvalue weighted by Gasteiger charge is -2.21. The number of thiazole rings is 1. The van der Waals surface area contributed by atoms with Gasteiger partial charge in [-0.25, -0.2) is 9.50 Å². The van der Waals surface area contributed by atoms with Crippen LogP contribution in [0.5, 0.6) is 0 Å². The summed E-state index contributed by atoms with van der Waals surface area (Å²) < 4.78 is 3.27. The summed E-state index contributed by atoms with van der Waals surface area (Å²) in [5.74, 6) is -0.304. The second-order valence-corrected chi connectivity index (χ2v) is 10.1. The average Bonchev–Trinajstić information content (AvgIpc) is 3.59. The monoisotopic (exact) mass is 532 g/mol. The van der Waals surface area contributed by atoms with Gasteiger partial charge in [0.25, 0.3) is 11.5 Å². The number of hydrogen-bond donors (Lipinski definition) is 1. The van der Waals surface area contributed by atoms with Gasteiger partial charge in [-0.3, -0.25) is 19.1 Å². The van der Waals surface area contributed by atoms with Crippen LogP contribution in [-0.4, -0.2) is 30.1 Å². The van der Waals surface area contributed by atoms with Crippen molar-refractivity contribution in [1.29, 1.82) is 0 Å². The molecule has 192 valence electrons. The average molecular weight is 533 g/mol. The van der Waals surface area contributed by atoms with E-state index in [9.17, 15) is 9.59 Å². The number of nitrogens with zero attached hydrogens (tertiary/aromatic N) is 5. The van der Waals surface area contributed by atoms with E-state index in [-0.39, 0.29) is 11.5 Å². The van der Waals surface area contributed by atoms with Crippen molar-refractivity contribution in [1.82, 2.24) is 29.5 Å². The van der Waals surface area contributed by atoms with Crippen LogP contribution in [-0.2, 0) is 0 Å². The van der Waals surface area contributed by atoms with Gasteiger partial charge in [0.05, 0.1) is 22.6 Å². The SMILES string of the molecule is Cc1nn2cccnc2c1C(=O)N[C@H](C)c1cc2cccc(/C=C/c3cncs3)c2c(=O)n1-c1ccccc1. The molecule has 0 saturated heterocycles. The highest BCUT2D eigenvalue weighted by molar-refractivity contribution is 7.10. The first-order valence-corrected chi connectivity index (χ1v) is 13.3. The topological polar surface area (TPSA) is 94.2 Å². The number of amides is 1. The summed E-state index contributed by atoms with van der Waals surface area (Å²) in [6.45, 7) is 3.66. The minimum atomic E-state index is -0.496. The van der Waals surface area contributed by atoms with Gasteiger partial charge in [0.15, 0.2) is 5.65 Å². The Labute approximate surface area is 227 Å². The minimum Gasteiger partial charge on any atom is -0.344 e. The molecule has 0 unspecified atom stereocenters. The molecule has 0 radical (unpaired) electrons. The van der Waals surface area contributed by atoms with Gasteiger partial charge >= 0.3 is 0 Å². The lowest BCUT2D eigenvalue weighted by Crippen LogP contribution is -2.32. The Morgan fingerprint density at radius 2 is 1.92 bits per heavy atom. The number of rotatable bonds is 6. The molecule has 0 fully saturated rings. The second kappa shape index (κ2) is 10.1. The lowest BCUT2D eigenvalue weighted by molar-refractivity contribution is 0.0939. The van der Waals surface area contributed by atoms with Crippen molar-refractivity contribution in [3.8, 4) is 5.69 Å². The zero-order valence-corrected chi connectivity index (χ0v) is 22.1. The molecule has 1 amide bonds. The summed E-state index contributed by atoms with van der Waals surface area (Å²) in [6, 6.07) is 18.5. The number of para-hydroxylation sites is 1. The van der Waals surface area contributed by atoms with E-state index < -0.39 is 6.04 Å². The Morgan fingerprint density at radius 1 is 1.08 bits per heavy atom. The fraction of sp³-hybridized carbons (Fsp3) is 0.100. The molecule has 0 bridgehead atoms. The number of carbonyl (C=O) groups excluding carboxylic acids is 1. The maximum absolute atomic E-state index is 14.2. The van der Waals surface area contributed by atoms with Crippen LogP contribution in [0, 0.1) is 6.92 Å². The van der Waals surface area contributed by atoms with Crippen molar-refractivity contribution >= 4 is 45.8 Å². The summed E-state index contributed by atoms with van der Waals surface area (Å²) >= 11 is 1.53. The summed E-state index contributed by atoms with van der Waals surface area (Å²) in [5, 5.41) is 8.89. The van der Waals surface area contributed by atoms with E-state index >= 15 is 0 Å². The van der Waals surface area contributed by atoms with Crippen LogP contribution in [0.2, 0.25) is 0 Å². The Balaban J connectivity index is 1.47. The van der Waals surface area contributed by atoms with Crippen LogP contribution < -0.4 is 10.9 Å². The minimum absolute atomic E-state index is 0.159. The van der Waals surface area contributed by atoms with Gasteiger partial charge in [0.2, 0.25) is 0 Å². The first kappa shape index (κ1) is 24.4. The molecule has 0 saturated carbocycles. The van der Waals surface area contributed by atoms with Gasteiger partial charge in [0.1, 0.15) is 5.56 Å². The predicted molar refractivity (Wildman–Crippen MR) is 154 cm³/mol. The number of carbonyl (C=O) groups is 1. The number of hydrogen-bond acceptors (Lipinski definition) is 6. The Hall–Kier alpha value is -4.89. The Kier molecular flexibility index (Phi) is 6.34. The summed E-state index contributed by atoms with van der Waals surface area (Å²) in [5.41, 5.74) is 5.28. The van der Waals surface area contributed by atoms with E-state index in [1.54, 1.807) is 46.2 Å². The highest BCUT2D eigenvalue weighted by Gasteiger charge is 2.23. The van der Waals surface area contributed by atoms with Crippen molar-refractivity contribution in [3.63, 3.8) is 0 Å². The van der Waals surface area contributed by atoms with Gasteiger partial charge in [-0.15, -0.1) is 11.3 Å². The molecular weight excluding hydrogens is 508 g/mol. The number of aromatic nitrogens is 5. The van der Waals surface area contributed by atoms with Crippen molar-refractivity contribution < 1.29 is 4.79 Å². The largest absolute Gasteiger partial charge is 0.344 e. The molecule has 0 aliphatic heterocycles. The number of aryl methyl sites for hydroxylation is 1. The van der Waals surface area contributed by atoms with E-state index in [0.29, 0.717) is 28.0 Å². The third kappa shape index (κ3) is 4.53. The van der Waals surface area contributed by atoms with Crippen LogP contribution in [0.1, 0.15) is 45.2 Å². The standard InChI is InChI=1S/C30H24N6O2S/c1-19(33-29(37)26-20(2)34-35-15-7-14-32-28(26)35)25-16-22-9-6-8-21(12-13-24-17-31-18-39-24)27(22)30(38)36(25)23-10-4-3-5-11-23/h3-19H,1-2H3,(H,33,37)/b13-12+/t19-/m1/s1. The fourth-order valence-corrected chi connectivity index (χ4v) is 5.31. The Morgan fingerprint density at radius 3 is 2.72 bits per heavy atom. The fourth-order valence-electron chi connectivity index (χ4n) is 4.79. The zero-order valence-electron chi connectivity index (χ0n) is 21.3. The molecule has 0 spiro atoms. The van der Waals surface area contributed by atoms with E-state index in [1.807, 2.05) is 73.7 Å². The zero-order chi connectivity index (χ0) is 26.9. The smallest absolute Gasteiger partial charge is 0.263 e. The molecule has 6 aromatic rings. The third-order valence-electron chi connectivity index (χ3n) is 6.59. The first-order valence-electron chi connectivity index (χ1n) is 12.4. The van der Waals surface area contributed by atoms with Crippen LogP contribution in [0.3, 0.4) is 0 Å². The maximum Gasteiger partial charge on any atom is 0.263 e. The summed E-state index contributed by atoms with van der Waals surface area (Å²) in [6.07, 6.45) is 9.08. The van der Waals surface area contributed by atoms with Crippen LogP contribution in [0.25, 0.3) is 34.3 Å².